The monoisotopic (exact) mass is 354 g/mol. The maximum atomic E-state index is 11.0. The molecule has 2 aromatic carbocycles. The van der Waals surface area contributed by atoms with E-state index in [1.807, 2.05) is 6.07 Å². The summed E-state index contributed by atoms with van der Waals surface area (Å²) in [5.74, 6) is 1.48. The lowest BCUT2D eigenvalue weighted by Crippen LogP contribution is -1.98. The minimum Gasteiger partial charge on any atom is -0.461 e. The van der Waals surface area contributed by atoms with Gasteiger partial charge in [0.15, 0.2) is 0 Å². The molecule has 0 saturated carbocycles. The molecule has 8 heteroatoms. The zero-order valence-corrected chi connectivity index (χ0v) is 13.6. The Morgan fingerprint density at radius 1 is 0.885 bits per heavy atom. The number of rotatable bonds is 4. The second-order valence-electron chi connectivity index (χ2n) is 6.17. The summed E-state index contributed by atoms with van der Waals surface area (Å²) in [5.41, 5.74) is 1.16. The molecule has 4 rings (SSSR count). The van der Waals surface area contributed by atoms with Crippen molar-refractivity contribution in [3.8, 4) is 11.5 Å². The smallest absolute Gasteiger partial charge is 0.280 e. The van der Waals surface area contributed by atoms with Crippen molar-refractivity contribution in [1.29, 1.82) is 0 Å². The molecule has 0 N–H and O–H groups in total. The van der Waals surface area contributed by atoms with Crippen LogP contribution in [0, 0.1) is 20.2 Å². The van der Waals surface area contributed by atoms with Gasteiger partial charge in [0.2, 0.25) is 0 Å². The normalized spacial score (nSPS) is 13.4. The molecule has 1 aliphatic rings. The Kier molecular flexibility index (Phi) is 3.80. The molecule has 8 nitrogen and oxygen atoms in total. The highest BCUT2D eigenvalue weighted by Crippen LogP contribution is 2.36. The van der Waals surface area contributed by atoms with Gasteiger partial charge in [-0.25, -0.2) is 0 Å². The van der Waals surface area contributed by atoms with Crippen LogP contribution >= 0.6 is 0 Å². The third-order valence-electron chi connectivity index (χ3n) is 4.46. The zero-order chi connectivity index (χ0) is 18.3. The van der Waals surface area contributed by atoms with Gasteiger partial charge in [-0.2, -0.15) is 0 Å². The van der Waals surface area contributed by atoms with Crippen LogP contribution in [0.5, 0.6) is 11.5 Å². The number of aryl methyl sites for hydroxylation is 2. The number of fused-ring (bicyclic) bond motifs is 3. The Morgan fingerprint density at radius 2 is 1.58 bits per heavy atom. The third-order valence-corrected chi connectivity index (χ3v) is 4.46. The molecule has 0 saturated heterocycles. The van der Waals surface area contributed by atoms with Crippen LogP contribution in [0.25, 0.3) is 11.0 Å². The number of benzene rings is 2. The number of nitro groups is 2. The van der Waals surface area contributed by atoms with Crippen LogP contribution in [0.1, 0.15) is 24.2 Å². The van der Waals surface area contributed by atoms with E-state index in [4.69, 9.17) is 9.15 Å². The quantitative estimate of drug-likeness (QED) is 0.486. The summed E-state index contributed by atoms with van der Waals surface area (Å²) in [6.07, 6.45) is 4.06. The fourth-order valence-corrected chi connectivity index (χ4v) is 3.28. The summed E-state index contributed by atoms with van der Waals surface area (Å²) in [6.45, 7) is 0. The fraction of sp³-hybridized carbons (Fsp3) is 0.222. The summed E-state index contributed by atoms with van der Waals surface area (Å²) < 4.78 is 11.5. The second-order valence-corrected chi connectivity index (χ2v) is 6.17. The van der Waals surface area contributed by atoms with E-state index in [9.17, 15) is 20.2 Å². The van der Waals surface area contributed by atoms with E-state index in [1.54, 1.807) is 12.1 Å². The minimum atomic E-state index is -0.685. The van der Waals surface area contributed by atoms with Gasteiger partial charge in [-0.3, -0.25) is 20.2 Å². The first-order valence-corrected chi connectivity index (χ1v) is 8.17. The lowest BCUT2D eigenvalue weighted by atomic mass is 9.96. The van der Waals surface area contributed by atoms with Crippen LogP contribution < -0.4 is 4.74 Å². The Labute approximate surface area is 147 Å². The molecule has 132 valence electrons. The molecule has 0 atom stereocenters. The molecule has 1 aromatic heterocycles. The first kappa shape index (κ1) is 16.1. The van der Waals surface area contributed by atoms with E-state index in [-0.39, 0.29) is 5.75 Å². The summed E-state index contributed by atoms with van der Waals surface area (Å²) >= 11 is 0. The van der Waals surface area contributed by atoms with Gasteiger partial charge >= 0.3 is 0 Å². The van der Waals surface area contributed by atoms with E-state index in [0.29, 0.717) is 5.75 Å². The second kappa shape index (κ2) is 6.14. The standard InChI is InChI=1S/C18H14N2O6/c21-19(22)11-7-12(20(23)24)9-14(8-11)25-13-5-6-18-16(10-13)15-3-1-2-4-17(15)26-18/h5-10H,1-4H2. The van der Waals surface area contributed by atoms with Crippen molar-refractivity contribution in [1.82, 2.24) is 0 Å². The van der Waals surface area contributed by atoms with Gasteiger partial charge in [0, 0.05) is 17.4 Å². The van der Waals surface area contributed by atoms with E-state index < -0.39 is 21.2 Å². The molecule has 3 aromatic rings. The highest BCUT2D eigenvalue weighted by Gasteiger charge is 2.20. The van der Waals surface area contributed by atoms with Crippen LogP contribution in [0.15, 0.2) is 40.8 Å². The number of nitro benzene ring substituents is 2. The zero-order valence-electron chi connectivity index (χ0n) is 13.6. The fourth-order valence-electron chi connectivity index (χ4n) is 3.28. The predicted molar refractivity (Wildman–Crippen MR) is 92.7 cm³/mol. The number of non-ortho nitro benzene ring substituents is 2. The molecule has 0 unspecified atom stereocenters. The molecule has 0 spiro atoms. The molecule has 1 aliphatic carbocycles. The van der Waals surface area contributed by atoms with Gasteiger partial charge in [0.25, 0.3) is 11.4 Å². The molecular weight excluding hydrogens is 340 g/mol. The van der Waals surface area contributed by atoms with Crippen LogP contribution in [0.2, 0.25) is 0 Å². The highest BCUT2D eigenvalue weighted by molar-refractivity contribution is 5.84. The van der Waals surface area contributed by atoms with Gasteiger partial charge in [-0.1, -0.05) is 0 Å². The molecule has 0 bridgehead atoms. The molecule has 0 fully saturated rings. The van der Waals surface area contributed by atoms with E-state index >= 15 is 0 Å². The Hall–Kier alpha value is -3.42. The lowest BCUT2D eigenvalue weighted by molar-refractivity contribution is -0.394. The number of ether oxygens (including phenoxy) is 1. The molecule has 0 amide bonds. The van der Waals surface area contributed by atoms with Crippen molar-refractivity contribution >= 4 is 22.3 Å². The van der Waals surface area contributed by atoms with Gasteiger partial charge in [-0.05, 0) is 37.5 Å². The van der Waals surface area contributed by atoms with Crippen molar-refractivity contribution < 1.29 is 19.0 Å². The summed E-state index contributed by atoms with van der Waals surface area (Å²) in [5, 5.41) is 22.9. The lowest BCUT2D eigenvalue weighted by Gasteiger charge is -2.09. The van der Waals surface area contributed by atoms with Gasteiger partial charge < -0.3 is 9.15 Å². The van der Waals surface area contributed by atoms with E-state index in [2.05, 4.69) is 0 Å². The summed E-state index contributed by atoms with van der Waals surface area (Å²) in [4.78, 5) is 20.6. The van der Waals surface area contributed by atoms with Crippen LogP contribution in [-0.4, -0.2) is 9.85 Å². The van der Waals surface area contributed by atoms with Crippen LogP contribution in [-0.2, 0) is 12.8 Å². The highest BCUT2D eigenvalue weighted by atomic mass is 16.6. The van der Waals surface area contributed by atoms with Gasteiger partial charge in [-0.15, -0.1) is 0 Å². The van der Waals surface area contributed by atoms with E-state index in [1.165, 1.54) is 17.7 Å². The van der Waals surface area contributed by atoms with Crippen molar-refractivity contribution in [2.75, 3.05) is 0 Å². The largest absolute Gasteiger partial charge is 0.461 e. The topological polar surface area (TPSA) is 109 Å². The first-order chi connectivity index (χ1) is 12.5. The SMILES string of the molecule is O=[N+]([O-])c1cc(Oc2ccc3oc4c(c3c2)CCCC4)cc([N+](=O)[O-])c1. The maximum absolute atomic E-state index is 11.0. The van der Waals surface area contributed by atoms with E-state index in [0.717, 1.165) is 48.5 Å². The van der Waals surface area contributed by atoms with Crippen molar-refractivity contribution in [3.05, 3.63) is 68.0 Å². The van der Waals surface area contributed by atoms with Gasteiger partial charge in [0.05, 0.1) is 28.0 Å². The molecule has 0 radical (unpaired) electrons. The summed E-state index contributed by atoms with van der Waals surface area (Å²) in [7, 11) is 0. The number of hydrogen-bond donors (Lipinski definition) is 0. The average molecular weight is 354 g/mol. The molecule has 26 heavy (non-hydrogen) atoms. The third kappa shape index (κ3) is 2.85. The van der Waals surface area contributed by atoms with Crippen molar-refractivity contribution in [2.45, 2.75) is 25.7 Å². The van der Waals surface area contributed by atoms with Crippen molar-refractivity contribution in [2.24, 2.45) is 0 Å². The van der Waals surface area contributed by atoms with Gasteiger partial charge in [0.1, 0.15) is 22.8 Å². The summed E-state index contributed by atoms with van der Waals surface area (Å²) in [6, 6.07) is 8.52. The Bertz CT molecular complexity index is 1010. The Morgan fingerprint density at radius 3 is 2.27 bits per heavy atom. The number of nitrogens with zero attached hydrogens (tertiary/aromatic N) is 2. The minimum absolute atomic E-state index is 0.0441. The molecule has 1 heterocycles. The average Bonchev–Trinajstić information content (AvgIpc) is 2.99. The van der Waals surface area contributed by atoms with Crippen LogP contribution in [0.3, 0.4) is 0 Å². The predicted octanol–water partition coefficient (Wildman–Crippen LogP) is 4.92. The Balaban J connectivity index is 1.73. The molecule has 0 aliphatic heterocycles. The molecular formula is C18H14N2O6. The number of hydrogen-bond acceptors (Lipinski definition) is 6. The van der Waals surface area contributed by atoms with Crippen molar-refractivity contribution in [3.63, 3.8) is 0 Å². The first-order valence-electron chi connectivity index (χ1n) is 8.17. The maximum Gasteiger partial charge on any atom is 0.280 e. The number of furan rings is 1. The van der Waals surface area contributed by atoms with Crippen LogP contribution in [0.4, 0.5) is 11.4 Å².